The van der Waals surface area contributed by atoms with Gasteiger partial charge in [0, 0.05) is 6.08 Å². The maximum atomic E-state index is 13.1. The van der Waals surface area contributed by atoms with Gasteiger partial charge in [-0.25, -0.2) is 14.0 Å². The predicted octanol–water partition coefficient (Wildman–Crippen LogP) is 4.22. The zero-order valence-electron chi connectivity index (χ0n) is 17.5. The Morgan fingerprint density at radius 2 is 1.42 bits per heavy atom. The van der Waals surface area contributed by atoms with Gasteiger partial charge in [0.2, 0.25) is 5.91 Å². The molecule has 0 spiro atoms. The molecule has 0 radical (unpaired) electrons. The maximum Gasteiger partial charge on any atom is 0.355 e. The van der Waals surface area contributed by atoms with Gasteiger partial charge in [0.15, 0.2) is 5.65 Å². The van der Waals surface area contributed by atoms with E-state index >= 15 is 0 Å². The standard InChI is InChI=1S/C26H19N5O2/c32-23(17-16-19-10-4-1-5-11-19)28-24-22-18-27-31(21-14-8-3-9-15-21)25(22)29-26(33)30(24)20-12-6-2-7-13-20/h1-18H,(H,28,32). The molecule has 0 saturated heterocycles. The summed E-state index contributed by atoms with van der Waals surface area (Å²) in [5.74, 6) is -0.0658. The van der Waals surface area contributed by atoms with Crippen molar-refractivity contribution in [2.75, 3.05) is 5.32 Å². The van der Waals surface area contributed by atoms with Crippen molar-refractivity contribution in [2.45, 2.75) is 0 Å². The predicted molar refractivity (Wildman–Crippen MR) is 129 cm³/mol. The molecule has 160 valence electrons. The van der Waals surface area contributed by atoms with Crippen molar-refractivity contribution in [1.82, 2.24) is 19.3 Å². The number of carbonyl (C=O) groups excluding carboxylic acids is 1. The minimum atomic E-state index is -0.520. The van der Waals surface area contributed by atoms with E-state index in [1.54, 1.807) is 29.1 Å². The Morgan fingerprint density at radius 3 is 2.09 bits per heavy atom. The summed E-state index contributed by atoms with van der Waals surface area (Å²) in [7, 11) is 0. The molecule has 3 aromatic carbocycles. The Bertz CT molecular complexity index is 1500. The van der Waals surface area contributed by atoms with E-state index in [4.69, 9.17) is 0 Å². The number of hydrogen-bond acceptors (Lipinski definition) is 4. The van der Waals surface area contributed by atoms with Gasteiger partial charge >= 0.3 is 5.69 Å². The van der Waals surface area contributed by atoms with E-state index in [9.17, 15) is 9.59 Å². The van der Waals surface area contributed by atoms with Gasteiger partial charge in [-0.3, -0.25) is 4.79 Å². The fourth-order valence-corrected chi connectivity index (χ4v) is 3.57. The second kappa shape index (κ2) is 8.76. The summed E-state index contributed by atoms with van der Waals surface area (Å²) in [4.78, 5) is 30.3. The molecule has 7 nitrogen and oxygen atoms in total. The van der Waals surface area contributed by atoms with Crippen LogP contribution in [0.3, 0.4) is 0 Å². The molecule has 0 aliphatic rings. The number of amides is 1. The summed E-state index contributed by atoms with van der Waals surface area (Å²) in [5, 5.41) is 7.85. The van der Waals surface area contributed by atoms with Crippen LogP contribution in [0.4, 0.5) is 5.82 Å². The highest BCUT2D eigenvalue weighted by molar-refractivity contribution is 6.06. The van der Waals surface area contributed by atoms with Crippen LogP contribution in [0.5, 0.6) is 0 Å². The molecule has 0 unspecified atom stereocenters. The Balaban J connectivity index is 1.64. The van der Waals surface area contributed by atoms with Crippen molar-refractivity contribution in [3.63, 3.8) is 0 Å². The van der Waals surface area contributed by atoms with Crippen molar-refractivity contribution >= 4 is 28.8 Å². The Morgan fingerprint density at radius 1 is 0.818 bits per heavy atom. The van der Waals surface area contributed by atoms with E-state index in [-0.39, 0.29) is 5.91 Å². The van der Waals surface area contributed by atoms with Crippen LogP contribution < -0.4 is 11.0 Å². The Hall–Kier alpha value is -4.78. The Kier molecular flexibility index (Phi) is 5.35. The van der Waals surface area contributed by atoms with Crippen molar-refractivity contribution in [3.8, 4) is 11.4 Å². The number of aromatic nitrogens is 4. The summed E-state index contributed by atoms with van der Waals surface area (Å²) in [6, 6.07) is 28.0. The Labute approximate surface area is 189 Å². The maximum absolute atomic E-state index is 13.1. The van der Waals surface area contributed by atoms with E-state index in [0.717, 1.165) is 11.3 Å². The quantitative estimate of drug-likeness (QED) is 0.421. The third kappa shape index (κ3) is 4.07. The van der Waals surface area contributed by atoms with Crippen molar-refractivity contribution in [2.24, 2.45) is 0 Å². The number of rotatable bonds is 5. The van der Waals surface area contributed by atoms with Gasteiger partial charge in [-0.05, 0) is 35.9 Å². The number of nitrogens with one attached hydrogen (secondary N) is 1. The average Bonchev–Trinajstić information content (AvgIpc) is 3.28. The van der Waals surface area contributed by atoms with Gasteiger partial charge in [0.25, 0.3) is 0 Å². The second-order valence-electron chi connectivity index (χ2n) is 7.28. The molecule has 0 aliphatic carbocycles. The lowest BCUT2D eigenvalue weighted by molar-refractivity contribution is -0.111. The fraction of sp³-hybridized carbons (Fsp3) is 0. The van der Waals surface area contributed by atoms with Crippen LogP contribution in [-0.2, 0) is 4.79 Å². The molecule has 5 rings (SSSR count). The van der Waals surface area contributed by atoms with Gasteiger partial charge in [-0.2, -0.15) is 10.1 Å². The van der Waals surface area contributed by atoms with E-state index in [1.165, 1.54) is 10.6 Å². The molecule has 0 aliphatic heterocycles. The highest BCUT2D eigenvalue weighted by Crippen LogP contribution is 2.25. The third-order valence-corrected chi connectivity index (χ3v) is 5.10. The van der Waals surface area contributed by atoms with Crippen molar-refractivity contribution in [3.05, 3.63) is 119 Å². The molecule has 2 heterocycles. The molecular weight excluding hydrogens is 414 g/mol. The van der Waals surface area contributed by atoms with Crippen LogP contribution in [0.1, 0.15) is 5.56 Å². The molecule has 7 heteroatoms. The molecule has 0 atom stereocenters. The van der Waals surface area contributed by atoms with Crippen molar-refractivity contribution < 1.29 is 4.79 Å². The first-order valence-corrected chi connectivity index (χ1v) is 10.4. The summed E-state index contributed by atoms with van der Waals surface area (Å²) in [5.41, 5.74) is 2.09. The van der Waals surface area contributed by atoms with Crippen LogP contribution in [0.15, 0.2) is 108 Å². The molecule has 2 aromatic heterocycles. The van der Waals surface area contributed by atoms with Crippen molar-refractivity contribution in [1.29, 1.82) is 0 Å². The summed E-state index contributed by atoms with van der Waals surface area (Å²) >= 11 is 0. The summed E-state index contributed by atoms with van der Waals surface area (Å²) in [6.07, 6.45) is 4.75. The molecule has 1 amide bonds. The molecule has 0 fully saturated rings. The zero-order valence-corrected chi connectivity index (χ0v) is 17.5. The molecule has 5 aromatic rings. The average molecular weight is 433 g/mol. The number of fused-ring (bicyclic) bond motifs is 1. The number of nitrogens with zero attached hydrogens (tertiary/aromatic N) is 4. The lowest BCUT2D eigenvalue weighted by Gasteiger charge is -2.14. The van der Waals surface area contributed by atoms with Crippen LogP contribution in [-0.4, -0.2) is 25.2 Å². The van der Waals surface area contributed by atoms with Gasteiger partial charge in [-0.15, -0.1) is 0 Å². The smallest absolute Gasteiger partial charge is 0.307 e. The first-order valence-electron chi connectivity index (χ1n) is 10.4. The lowest BCUT2D eigenvalue weighted by Crippen LogP contribution is -2.26. The van der Waals surface area contributed by atoms with Gasteiger partial charge in [0.05, 0.1) is 23.0 Å². The second-order valence-corrected chi connectivity index (χ2v) is 7.28. The first-order chi connectivity index (χ1) is 16.2. The SMILES string of the molecule is O=C(C=Cc1ccccc1)Nc1c2cnn(-c3ccccc3)c2nc(=O)n1-c1ccccc1. The fourth-order valence-electron chi connectivity index (χ4n) is 3.57. The van der Waals surface area contributed by atoms with E-state index in [2.05, 4.69) is 15.4 Å². The van der Waals surface area contributed by atoms with Gasteiger partial charge in [0.1, 0.15) is 5.82 Å². The van der Waals surface area contributed by atoms with Crippen LogP contribution in [0.25, 0.3) is 28.5 Å². The van der Waals surface area contributed by atoms with Crippen LogP contribution >= 0.6 is 0 Å². The first kappa shape index (κ1) is 20.1. The topological polar surface area (TPSA) is 81.8 Å². The van der Waals surface area contributed by atoms with E-state index in [0.29, 0.717) is 22.5 Å². The minimum Gasteiger partial charge on any atom is -0.307 e. The van der Waals surface area contributed by atoms with Crippen LogP contribution in [0, 0.1) is 0 Å². The molecular formula is C26H19N5O2. The molecule has 0 saturated carbocycles. The van der Waals surface area contributed by atoms with Gasteiger partial charge in [-0.1, -0.05) is 66.7 Å². The van der Waals surface area contributed by atoms with E-state index in [1.807, 2.05) is 78.9 Å². The minimum absolute atomic E-state index is 0.307. The highest BCUT2D eigenvalue weighted by Gasteiger charge is 2.18. The monoisotopic (exact) mass is 433 g/mol. The summed E-state index contributed by atoms with van der Waals surface area (Å²) < 4.78 is 2.97. The number of anilines is 1. The molecule has 0 bridgehead atoms. The van der Waals surface area contributed by atoms with E-state index < -0.39 is 5.69 Å². The molecule has 33 heavy (non-hydrogen) atoms. The zero-order chi connectivity index (χ0) is 22.6. The number of para-hydroxylation sites is 2. The third-order valence-electron chi connectivity index (χ3n) is 5.10. The van der Waals surface area contributed by atoms with Crippen LogP contribution in [0.2, 0.25) is 0 Å². The number of hydrogen-bond donors (Lipinski definition) is 1. The number of carbonyl (C=O) groups is 1. The lowest BCUT2D eigenvalue weighted by atomic mass is 10.2. The normalized spacial score (nSPS) is 11.2. The summed E-state index contributed by atoms with van der Waals surface area (Å²) in [6.45, 7) is 0. The molecule has 1 N–H and O–H groups in total. The van der Waals surface area contributed by atoms with Gasteiger partial charge < -0.3 is 5.32 Å². The number of benzene rings is 3. The highest BCUT2D eigenvalue weighted by atomic mass is 16.2. The largest absolute Gasteiger partial charge is 0.355 e.